The molecule has 0 bridgehead atoms. The van der Waals surface area contributed by atoms with Gasteiger partial charge >= 0.3 is 5.97 Å². The molecule has 0 aliphatic carbocycles. The quantitative estimate of drug-likeness (QED) is 0.457. The number of hydrogen-bond donors (Lipinski definition) is 1. The molecule has 5 heteroatoms. The molecule has 0 fully saturated rings. The molecule has 0 saturated carbocycles. The van der Waals surface area contributed by atoms with Crippen LogP contribution in [0.2, 0.25) is 0 Å². The Bertz CT molecular complexity index is 1210. The van der Waals surface area contributed by atoms with Crippen LogP contribution in [0.1, 0.15) is 21.5 Å². The van der Waals surface area contributed by atoms with Crippen molar-refractivity contribution in [2.24, 2.45) is 0 Å². The van der Waals surface area contributed by atoms with E-state index in [-0.39, 0.29) is 5.56 Å². The van der Waals surface area contributed by atoms with Crippen LogP contribution in [0.25, 0.3) is 33.7 Å². The van der Waals surface area contributed by atoms with Crippen molar-refractivity contribution < 1.29 is 18.8 Å². The van der Waals surface area contributed by atoms with Gasteiger partial charge in [-0.2, -0.15) is 0 Å². The molecule has 4 aromatic rings. The topological polar surface area (TPSA) is 63.3 Å². The molecule has 0 saturated heterocycles. The number of nitrogens with zero attached hydrogens (tertiary/aromatic N) is 1. The summed E-state index contributed by atoms with van der Waals surface area (Å²) in [6.45, 7) is 4.10. The molecule has 1 N–H and O–H groups in total. The lowest BCUT2D eigenvalue weighted by atomic mass is 9.92. The third-order valence-electron chi connectivity index (χ3n) is 5.14. The molecule has 1 aromatic heterocycles. The first-order chi connectivity index (χ1) is 14.0. The van der Waals surface area contributed by atoms with Crippen molar-refractivity contribution in [3.05, 3.63) is 89.2 Å². The summed E-state index contributed by atoms with van der Waals surface area (Å²) in [5, 5.41) is 13.0. The van der Waals surface area contributed by atoms with Gasteiger partial charge in [-0.05, 0) is 48.2 Å². The van der Waals surface area contributed by atoms with Gasteiger partial charge in [-0.25, -0.2) is 9.18 Å². The number of benzene rings is 3. The van der Waals surface area contributed by atoms with Gasteiger partial charge in [-0.1, -0.05) is 53.7 Å². The zero-order chi connectivity index (χ0) is 20.5. The van der Waals surface area contributed by atoms with Gasteiger partial charge in [0.25, 0.3) is 0 Å². The van der Waals surface area contributed by atoms with E-state index in [2.05, 4.69) is 30.3 Å². The molecule has 0 unspecified atom stereocenters. The Morgan fingerprint density at radius 2 is 1.59 bits per heavy atom. The van der Waals surface area contributed by atoms with E-state index in [1.807, 2.05) is 31.2 Å². The van der Waals surface area contributed by atoms with E-state index < -0.39 is 11.8 Å². The SMILES string of the molecule is Cc1c(-c2ccccc2)ccc(-c2cc(-c3ccc(C(=O)O)c(F)c3)no2)c1C. The average Bonchev–Trinajstić information content (AvgIpc) is 3.20. The lowest BCUT2D eigenvalue weighted by Gasteiger charge is -2.12. The van der Waals surface area contributed by atoms with E-state index in [1.54, 1.807) is 6.07 Å². The largest absolute Gasteiger partial charge is 0.478 e. The van der Waals surface area contributed by atoms with E-state index >= 15 is 0 Å². The molecule has 29 heavy (non-hydrogen) atoms. The van der Waals surface area contributed by atoms with Gasteiger partial charge in [0, 0.05) is 17.2 Å². The van der Waals surface area contributed by atoms with Gasteiger partial charge in [-0.3, -0.25) is 0 Å². The highest BCUT2D eigenvalue weighted by atomic mass is 19.1. The number of aromatic carboxylic acids is 1. The first kappa shape index (κ1) is 18.6. The highest BCUT2D eigenvalue weighted by Crippen LogP contribution is 2.34. The molecule has 0 aliphatic heterocycles. The highest BCUT2D eigenvalue weighted by Gasteiger charge is 2.16. The van der Waals surface area contributed by atoms with Gasteiger partial charge in [0.05, 0.1) is 5.56 Å². The lowest BCUT2D eigenvalue weighted by molar-refractivity contribution is 0.0692. The molecule has 144 valence electrons. The second kappa shape index (κ2) is 7.36. The van der Waals surface area contributed by atoms with Crippen LogP contribution < -0.4 is 0 Å². The van der Waals surface area contributed by atoms with Crippen molar-refractivity contribution in [3.63, 3.8) is 0 Å². The molecule has 0 radical (unpaired) electrons. The summed E-state index contributed by atoms with van der Waals surface area (Å²) in [6.07, 6.45) is 0. The van der Waals surface area contributed by atoms with Gasteiger partial charge in [-0.15, -0.1) is 0 Å². The Labute approximate surface area is 167 Å². The van der Waals surface area contributed by atoms with Crippen LogP contribution in [0.15, 0.2) is 71.3 Å². The zero-order valence-corrected chi connectivity index (χ0v) is 15.9. The predicted molar refractivity (Wildman–Crippen MR) is 109 cm³/mol. The van der Waals surface area contributed by atoms with Crippen LogP contribution in [-0.4, -0.2) is 16.2 Å². The fourth-order valence-corrected chi connectivity index (χ4v) is 3.40. The summed E-state index contributed by atoms with van der Waals surface area (Å²) in [5.41, 5.74) is 5.94. The van der Waals surface area contributed by atoms with Crippen molar-refractivity contribution in [2.75, 3.05) is 0 Å². The smallest absolute Gasteiger partial charge is 0.338 e. The standard InChI is InChI=1S/C24H18FNO3/c1-14-15(2)19(11-10-18(14)16-6-4-3-5-7-16)23-13-22(26-29-23)17-8-9-20(24(27)28)21(25)12-17/h3-13H,1-2H3,(H,27,28). The third-order valence-corrected chi connectivity index (χ3v) is 5.14. The first-order valence-corrected chi connectivity index (χ1v) is 9.11. The van der Waals surface area contributed by atoms with Crippen molar-refractivity contribution in [3.8, 4) is 33.7 Å². The minimum Gasteiger partial charge on any atom is -0.478 e. The minimum atomic E-state index is -1.31. The van der Waals surface area contributed by atoms with Crippen LogP contribution in [0.5, 0.6) is 0 Å². The Morgan fingerprint density at radius 1 is 0.897 bits per heavy atom. The maximum atomic E-state index is 14.0. The van der Waals surface area contributed by atoms with Crippen molar-refractivity contribution in [1.29, 1.82) is 0 Å². The Morgan fingerprint density at radius 3 is 2.28 bits per heavy atom. The molecule has 4 rings (SSSR count). The number of carbonyl (C=O) groups is 1. The van der Waals surface area contributed by atoms with Gasteiger partial charge in [0.1, 0.15) is 11.5 Å². The van der Waals surface area contributed by atoms with Crippen molar-refractivity contribution in [2.45, 2.75) is 13.8 Å². The lowest BCUT2D eigenvalue weighted by Crippen LogP contribution is -2.00. The molecule has 4 nitrogen and oxygen atoms in total. The van der Waals surface area contributed by atoms with Crippen LogP contribution in [0.4, 0.5) is 4.39 Å². The fourth-order valence-electron chi connectivity index (χ4n) is 3.40. The van der Waals surface area contributed by atoms with E-state index in [9.17, 15) is 9.18 Å². The van der Waals surface area contributed by atoms with E-state index in [0.29, 0.717) is 17.0 Å². The van der Waals surface area contributed by atoms with Crippen LogP contribution in [0.3, 0.4) is 0 Å². The molecule has 0 amide bonds. The van der Waals surface area contributed by atoms with Crippen LogP contribution in [0, 0.1) is 19.7 Å². The maximum absolute atomic E-state index is 14.0. The second-order valence-electron chi connectivity index (χ2n) is 6.85. The number of halogens is 1. The molecule has 0 atom stereocenters. The summed E-state index contributed by atoms with van der Waals surface area (Å²) in [6, 6.07) is 19.8. The summed E-state index contributed by atoms with van der Waals surface area (Å²) in [7, 11) is 0. The van der Waals surface area contributed by atoms with Crippen molar-refractivity contribution in [1.82, 2.24) is 5.16 Å². The van der Waals surface area contributed by atoms with Gasteiger partial charge < -0.3 is 9.63 Å². The van der Waals surface area contributed by atoms with Gasteiger partial charge in [0.15, 0.2) is 5.76 Å². The summed E-state index contributed by atoms with van der Waals surface area (Å²) < 4.78 is 19.5. The summed E-state index contributed by atoms with van der Waals surface area (Å²) >= 11 is 0. The molecular formula is C24H18FNO3. The average molecular weight is 387 g/mol. The van der Waals surface area contributed by atoms with Gasteiger partial charge in [0.2, 0.25) is 0 Å². The number of rotatable bonds is 4. The molecule has 0 spiro atoms. The monoisotopic (exact) mass is 387 g/mol. The summed E-state index contributed by atoms with van der Waals surface area (Å²) in [5.74, 6) is -1.54. The minimum absolute atomic E-state index is 0.375. The predicted octanol–water partition coefficient (Wildman–Crippen LogP) is 6.13. The Hall–Kier alpha value is -3.73. The highest BCUT2D eigenvalue weighted by molar-refractivity contribution is 5.88. The number of carboxylic acids is 1. The molecule has 0 aliphatic rings. The van der Waals surface area contributed by atoms with Crippen molar-refractivity contribution >= 4 is 5.97 Å². The van der Waals surface area contributed by atoms with Crippen LogP contribution in [-0.2, 0) is 0 Å². The maximum Gasteiger partial charge on any atom is 0.338 e. The number of carboxylic acid groups (broad SMARTS) is 1. The van der Waals surface area contributed by atoms with E-state index in [4.69, 9.17) is 9.63 Å². The molecule has 3 aromatic carbocycles. The summed E-state index contributed by atoms with van der Waals surface area (Å²) in [4.78, 5) is 11.0. The number of aromatic nitrogens is 1. The second-order valence-corrected chi connectivity index (χ2v) is 6.85. The first-order valence-electron chi connectivity index (χ1n) is 9.11. The normalized spacial score (nSPS) is 10.9. The third kappa shape index (κ3) is 3.43. The Balaban J connectivity index is 1.71. The molecule has 1 heterocycles. The number of hydrogen-bond acceptors (Lipinski definition) is 3. The zero-order valence-electron chi connectivity index (χ0n) is 15.9. The van der Waals surface area contributed by atoms with E-state index in [1.165, 1.54) is 12.1 Å². The molecular weight excluding hydrogens is 369 g/mol. The van der Waals surface area contributed by atoms with Crippen LogP contribution >= 0.6 is 0 Å². The van der Waals surface area contributed by atoms with E-state index in [0.717, 1.165) is 33.9 Å². The fraction of sp³-hybridized carbons (Fsp3) is 0.0833. The Kier molecular flexibility index (Phi) is 4.72.